The number of benzene rings is 2. The summed E-state index contributed by atoms with van der Waals surface area (Å²) in [5.41, 5.74) is 3.41. The number of hydrogen-bond acceptors (Lipinski definition) is 5. The van der Waals surface area contributed by atoms with Gasteiger partial charge in [-0.3, -0.25) is 4.79 Å². The van der Waals surface area contributed by atoms with Crippen molar-refractivity contribution in [3.8, 4) is 17.2 Å². The van der Waals surface area contributed by atoms with Gasteiger partial charge in [0.15, 0.2) is 11.5 Å². The molecule has 0 atom stereocenters. The predicted octanol–water partition coefficient (Wildman–Crippen LogP) is 4.18. The number of ether oxygens (including phenoxy) is 3. The Morgan fingerprint density at radius 2 is 1.57 bits per heavy atom. The zero-order valence-corrected chi connectivity index (χ0v) is 16.5. The quantitative estimate of drug-likeness (QED) is 0.517. The second-order valence-corrected chi connectivity index (χ2v) is 5.72. The number of nitrogens with zero attached hydrogens (tertiary/aromatic N) is 1. The molecule has 6 nitrogen and oxygen atoms in total. The highest BCUT2D eigenvalue weighted by Gasteiger charge is 2.18. The molecule has 2 rings (SSSR count). The largest absolute Gasteiger partial charge is 0.490 e. The summed E-state index contributed by atoms with van der Waals surface area (Å²) in [6, 6.07) is 9.37. The number of halogens is 1. The number of rotatable bonds is 9. The van der Waals surface area contributed by atoms with Crippen LogP contribution in [0, 0.1) is 5.82 Å². The highest BCUT2D eigenvalue weighted by Crippen LogP contribution is 2.39. The summed E-state index contributed by atoms with van der Waals surface area (Å²) in [7, 11) is 0. The highest BCUT2D eigenvalue weighted by atomic mass is 19.1. The van der Waals surface area contributed by atoms with Crippen molar-refractivity contribution in [2.24, 2.45) is 5.10 Å². The van der Waals surface area contributed by atoms with Crippen molar-refractivity contribution in [3.05, 3.63) is 53.3 Å². The van der Waals surface area contributed by atoms with Crippen LogP contribution in [0.15, 0.2) is 41.5 Å². The van der Waals surface area contributed by atoms with Crippen molar-refractivity contribution in [1.82, 2.24) is 5.43 Å². The van der Waals surface area contributed by atoms with E-state index in [4.69, 9.17) is 14.2 Å². The summed E-state index contributed by atoms with van der Waals surface area (Å²) in [6.07, 6.45) is 0. The van der Waals surface area contributed by atoms with Gasteiger partial charge in [0.1, 0.15) is 5.82 Å². The van der Waals surface area contributed by atoms with E-state index in [1.165, 1.54) is 6.07 Å². The van der Waals surface area contributed by atoms with Crippen molar-refractivity contribution in [2.45, 2.75) is 27.7 Å². The third-order valence-electron chi connectivity index (χ3n) is 3.76. The minimum atomic E-state index is -0.472. The SMILES string of the molecule is CCOc1cc(C(=O)N/N=C(/C)c2ccccc2F)cc(OCC)c1OCC. The number of nitrogens with one attached hydrogen (secondary N) is 1. The Hall–Kier alpha value is -3.09. The van der Waals surface area contributed by atoms with Crippen LogP contribution in [-0.4, -0.2) is 31.4 Å². The molecule has 0 spiro atoms. The van der Waals surface area contributed by atoms with E-state index >= 15 is 0 Å². The number of carbonyl (C=O) groups is 1. The van der Waals surface area contributed by atoms with Crippen LogP contribution in [0.3, 0.4) is 0 Å². The molecule has 1 N–H and O–H groups in total. The van der Waals surface area contributed by atoms with Gasteiger partial charge in [-0.15, -0.1) is 0 Å². The Labute approximate surface area is 164 Å². The molecule has 0 saturated carbocycles. The maximum atomic E-state index is 13.8. The van der Waals surface area contributed by atoms with E-state index in [9.17, 15) is 9.18 Å². The fourth-order valence-electron chi connectivity index (χ4n) is 2.53. The van der Waals surface area contributed by atoms with Crippen LogP contribution < -0.4 is 19.6 Å². The molecule has 0 aliphatic rings. The summed E-state index contributed by atoms with van der Waals surface area (Å²) in [5, 5.41) is 4.01. The molecule has 0 bridgehead atoms. The molecule has 150 valence electrons. The number of amides is 1. The molecule has 1 amide bonds. The van der Waals surface area contributed by atoms with E-state index in [1.807, 2.05) is 20.8 Å². The Kier molecular flexibility index (Phi) is 7.80. The lowest BCUT2D eigenvalue weighted by Gasteiger charge is -2.16. The molecule has 0 aliphatic heterocycles. The average molecular weight is 388 g/mol. The van der Waals surface area contributed by atoms with Crippen molar-refractivity contribution < 1.29 is 23.4 Å². The van der Waals surface area contributed by atoms with Crippen LogP contribution >= 0.6 is 0 Å². The van der Waals surface area contributed by atoms with Crippen LogP contribution in [0.1, 0.15) is 43.6 Å². The molecule has 28 heavy (non-hydrogen) atoms. The van der Waals surface area contributed by atoms with Gasteiger partial charge in [0.2, 0.25) is 5.75 Å². The highest BCUT2D eigenvalue weighted by molar-refractivity contribution is 6.01. The lowest BCUT2D eigenvalue weighted by atomic mass is 10.1. The van der Waals surface area contributed by atoms with Gasteiger partial charge in [-0.1, -0.05) is 18.2 Å². The molecular weight excluding hydrogens is 363 g/mol. The van der Waals surface area contributed by atoms with E-state index in [0.29, 0.717) is 53.9 Å². The molecule has 2 aromatic carbocycles. The zero-order chi connectivity index (χ0) is 20.5. The second-order valence-electron chi connectivity index (χ2n) is 5.72. The minimum absolute atomic E-state index is 0.292. The normalized spacial score (nSPS) is 11.1. The van der Waals surface area contributed by atoms with Gasteiger partial charge in [0.05, 0.1) is 25.5 Å². The third-order valence-corrected chi connectivity index (χ3v) is 3.76. The van der Waals surface area contributed by atoms with Crippen molar-refractivity contribution in [3.63, 3.8) is 0 Å². The summed E-state index contributed by atoms with van der Waals surface area (Å²) in [5.74, 6) is 0.399. The molecule has 0 heterocycles. The van der Waals surface area contributed by atoms with Crippen molar-refractivity contribution in [2.75, 3.05) is 19.8 Å². The predicted molar refractivity (Wildman–Crippen MR) is 106 cm³/mol. The molecule has 0 radical (unpaired) electrons. The Morgan fingerprint density at radius 1 is 1.00 bits per heavy atom. The van der Waals surface area contributed by atoms with Crippen LogP contribution in [0.4, 0.5) is 4.39 Å². The first-order valence-corrected chi connectivity index (χ1v) is 9.17. The smallest absolute Gasteiger partial charge is 0.271 e. The average Bonchev–Trinajstić information content (AvgIpc) is 2.68. The molecule has 0 aliphatic carbocycles. The first-order chi connectivity index (χ1) is 13.5. The molecule has 0 saturated heterocycles. The second kappa shape index (κ2) is 10.3. The summed E-state index contributed by atoms with van der Waals surface area (Å²) in [6.45, 7) is 8.39. The Bertz CT molecular complexity index is 825. The fraction of sp³-hybridized carbons (Fsp3) is 0.333. The van der Waals surface area contributed by atoms with Gasteiger partial charge in [-0.2, -0.15) is 5.10 Å². The lowest BCUT2D eigenvalue weighted by Crippen LogP contribution is -2.20. The Morgan fingerprint density at radius 3 is 2.11 bits per heavy atom. The Balaban J connectivity index is 2.31. The minimum Gasteiger partial charge on any atom is -0.490 e. The zero-order valence-electron chi connectivity index (χ0n) is 16.5. The van der Waals surface area contributed by atoms with Crippen LogP contribution in [-0.2, 0) is 0 Å². The molecule has 0 unspecified atom stereocenters. The number of hydrazone groups is 1. The van der Waals surface area contributed by atoms with Crippen molar-refractivity contribution >= 4 is 11.6 Å². The van der Waals surface area contributed by atoms with Crippen LogP contribution in [0.25, 0.3) is 0 Å². The fourth-order valence-corrected chi connectivity index (χ4v) is 2.53. The van der Waals surface area contributed by atoms with Gasteiger partial charge in [0.25, 0.3) is 5.91 Å². The van der Waals surface area contributed by atoms with E-state index < -0.39 is 11.7 Å². The summed E-state index contributed by atoms with van der Waals surface area (Å²) >= 11 is 0. The van der Waals surface area contributed by atoms with Crippen molar-refractivity contribution in [1.29, 1.82) is 0 Å². The molecule has 0 aromatic heterocycles. The first-order valence-electron chi connectivity index (χ1n) is 9.17. The monoisotopic (exact) mass is 388 g/mol. The first kappa shape index (κ1) is 21.2. The molecule has 2 aromatic rings. The third kappa shape index (κ3) is 5.22. The lowest BCUT2D eigenvalue weighted by molar-refractivity contribution is 0.0953. The van der Waals surface area contributed by atoms with Crippen LogP contribution in [0.2, 0.25) is 0 Å². The van der Waals surface area contributed by atoms with Gasteiger partial charge in [-0.05, 0) is 45.9 Å². The van der Waals surface area contributed by atoms with Gasteiger partial charge < -0.3 is 14.2 Å². The van der Waals surface area contributed by atoms with E-state index in [1.54, 1.807) is 37.3 Å². The van der Waals surface area contributed by atoms with Gasteiger partial charge in [0, 0.05) is 11.1 Å². The van der Waals surface area contributed by atoms with Gasteiger partial charge in [-0.25, -0.2) is 9.82 Å². The number of carbonyl (C=O) groups excluding carboxylic acids is 1. The maximum absolute atomic E-state index is 13.8. The summed E-state index contributed by atoms with van der Waals surface area (Å²) in [4.78, 5) is 12.6. The van der Waals surface area contributed by atoms with Crippen LogP contribution in [0.5, 0.6) is 17.2 Å². The molecule has 0 fully saturated rings. The van der Waals surface area contributed by atoms with Gasteiger partial charge >= 0.3 is 0 Å². The standard InChI is InChI=1S/C21H25FN2O4/c1-5-26-18-12-15(13-19(27-6-2)20(18)28-7-3)21(25)24-23-14(4)16-10-8-9-11-17(16)22/h8-13H,5-7H2,1-4H3,(H,24,25)/b23-14-. The summed E-state index contributed by atoms with van der Waals surface area (Å²) < 4.78 is 30.7. The molecule has 7 heteroatoms. The van der Waals surface area contributed by atoms with E-state index in [0.717, 1.165) is 0 Å². The maximum Gasteiger partial charge on any atom is 0.271 e. The number of hydrogen-bond donors (Lipinski definition) is 1. The topological polar surface area (TPSA) is 69.2 Å². The molecular formula is C21H25FN2O4. The van der Waals surface area contributed by atoms with E-state index in [-0.39, 0.29) is 0 Å². The van der Waals surface area contributed by atoms with E-state index in [2.05, 4.69) is 10.5 Å².